The van der Waals surface area contributed by atoms with Crippen LogP contribution in [0.3, 0.4) is 0 Å². The molecule has 0 fully saturated rings. The van der Waals surface area contributed by atoms with Crippen molar-refractivity contribution in [2.45, 2.75) is 26.4 Å². The molecule has 1 heterocycles. The van der Waals surface area contributed by atoms with Crippen molar-refractivity contribution in [3.8, 4) is 0 Å². The number of hydrogen-bond donors (Lipinski definition) is 1. The van der Waals surface area contributed by atoms with Gasteiger partial charge >= 0.3 is 0 Å². The van der Waals surface area contributed by atoms with Crippen LogP contribution in [-0.4, -0.2) is 14.9 Å². The first-order valence-corrected chi connectivity index (χ1v) is 3.83. The zero-order valence-corrected chi connectivity index (χ0v) is 7.20. The Morgan fingerprint density at radius 1 is 1.73 bits per heavy atom. The van der Waals surface area contributed by atoms with Crippen molar-refractivity contribution in [2.75, 3.05) is 0 Å². The van der Waals surface area contributed by atoms with Crippen molar-refractivity contribution in [3.05, 3.63) is 17.5 Å². The molecule has 0 saturated carbocycles. The zero-order valence-electron chi connectivity index (χ0n) is 7.20. The molecule has 62 valence electrons. The van der Waals surface area contributed by atoms with E-state index in [-0.39, 0.29) is 6.10 Å². The third-order valence-corrected chi connectivity index (χ3v) is 1.80. The van der Waals surface area contributed by atoms with Crippen molar-refractivity contribution in [1.82, 2.24) is 9.78 Å². The molecule has 11 heavy (non-hydrogen) atoms. The number of hydrogen-bond acceptors (Lipinski definition) is 2. The van der Waals surface area contributed by atoms with Crippen molar-refractivity contribution >= 4 is 0 Å². The van der Waals surface area contributed by atoms with Gasteiger partial charge in [0.2, 0.25) is 0 Å². The average molecular weight is 154 g/mol. The summed E-state index contributed by atoms with van der Waals surface area (Å²) in [6.07, 6.45) is 2.25. The van der Waals surface area contributed by atoms with Crippen LogP contribution in [0.25, 0.3) is 0 Å². The van der Waals surface area contributed by atoms with Gasteiger partial charge in [0.15, 0.2) is 0 Å². The van der Waals surface area contributed by atoms with Crippen LogP contribution in [0.4, 0.5) is 0 Å². The SMILES string of the molecule is CC[C@@H](O)c1cn(C)nc1C. The Kier molecular flexibility index (Phi) is 2.29. The number of nitrogens with zero attached hydrogens (tertiary/aromatic N) is 2. The van der Waals surface area contributed by atoms with Crippen LogP contribution in [0.2, 0.25) is 0 Å². The minimum Gasteiger partial charge on any atom is -0.388 e. The van der Waals surface area contributed by atoms with E-state index >= 15 is 0 Å². The van der Waals surface area contributed by atoms with Crippen LogP contribution < -0.4 is 0 Å². The first kappa shape index (κ1) is 8.27. The number of aliphatic hydroxyl groups is 1. The molecule has 1 aromatic heterocycles. The topological polar surface area (TPSA) is 38.0 Å². The van der Waals surface area contributed by atoms with E-state index < -0.39 is 0 Å². The van der Waals surface area contributed by atoms with E-state index in [0.717, 1.165) is 17.7 Å². The van der Waals surface area contributed by atoms with E-state index in [0.29, 0.717) is 0 Å². The third-order valence-electron chi connectivity index (χ3n) is 1.80. The fourth-order valence-corrected chi connectivity index (χ4v) is 1.16. The van der Waals surface area contributed by atoms with E-state index in [4.69, 9.17) is 0 Å². The second-order valence-electron chi connectivity index (χ2n) is 2.77. The van der Waals surface area contributed by atoms with Gasteiger partial charge in [-0.15, -0.1) is 0 Å². The summed E-state index contributed by atoms with van der Waals surface area (Å²) >= 11 is 0. The van der Waals surface area contributed by atoms with Gasteiger partial charge in [-0.2, -0.15) is 5.10 Å². The monoisotopic (exact) mass is 154 g/mol. The Hall–Kier alpha value is -0.830. The van der Waals surface area contributed by atoms with Crippen LogP contribution in [0.5, 0.6) is 0 Å². The Morgan fingerprint density at radius 2 is 2.36 bits per heavy atom. The molecule has 0 aliphatic heterocycles. The van der Waals surface area contributed by atoms with Crippen LogP contribution >= 0.6 is 0 Å². The summed E-state index contributed by atoms with van der Waals surface area (Å²) in [5.41, 5.74) is 1.86. The molecule has 0 aliphatic carbocycles. The molecular formula is C8H14N2O. The third kappa shape index (κ3) is 1.60. The molecule has 0 unspecified atom stereocenters. The molecule has 0 spiro atoms. The number of aromatic nitrogens is 2. The molecule has 0 radical (unpaired) electrons. The lowest BCUT2D eigenvalue weighted by atomic mass is 10.1. The molecule has 0 aliphatic rings. The molecule has 0 saturated heterocycles. The van der Waals surface area contributed by atoms with Crippen molar-refractivity contribution in [1.29, 1.82) is 0 Å². The lowest BCUT2D eigenvalue weighted by molar-refractivity contribution is 0.173. The maximum absolute atomic E-state index is 9.47. The first-order chi connectivity index (χ1) is 5.15. The zero-order chi connectivity index (χ0) is 8.43. The molecule has 1 aromatic rings. The van der Waals surface area contributed by atoms with Crippen LogP contribution in [0.15, 0.2) is 6.20 Å². The Morgan fingerprint density at radius 3 is 2.73 bits per heavy atom. The normalized spacial score (nSPS) is 13.5. The van der Waals surface area contributed by atoms with Gasteiger partial charge in [-0.3, -0.25) is 4.68 Å². The van der Waals surface area contributed by atoms with Gasteiger partial charge < -0.3 is 5.11 Å². The number of rotatable bonds is 2. The van der Waals surface area contributed by atoms with Crippen LogP contribution in [0, 0.1) is 6.92 Å². The Labute approximate surface area is 66.7 Å². The second kappa shape index (κ2) is 3.05. The maximum Gasteiger partial charge on any atom is 0.0820 e. The van der Waals surface area contributed by atoms with Gasteiger partial charge in [0.25, 0.3) is 0 Å². The largest absolute Gasteiger partial charge is 0.388 e. The summed E-state index contributed by atoms with van der Waals surface area (Å²) in [4.78, 5) is 0. The standard InChI is InChI=1S/C8H14N2O/c1-4-8(11)7-5-10(3)9-6(7)2/h5,8,11H,4H2,1-3H3/t8-/m1/s1. The van der Waals surface area contributed by atoms with Crippen molar-refractivity contribution < 1.29 is 5.11 Å². The highest BCUT2D eigenvalue weighted by Gasteiger charge is 2.10. The summed E-state index contributed by atoms with van der Waals surface area (Å²) in [7, 11) is 1.86. The van der Waals surface area contributed by atoms with E-state index in [2.05, 4.69) is 5.10 Å². The molecule has 0 amide bonds. The summed E-state index contributed by atoms with van der Waals surface area (Å²) < 4.78 is 1.73. The lowest BCUT2D eigenvalue weighted by Gasteiger charge is -2.03. The van der Waals surface area contributed by atoms with E-state index in [9.17, 15) is 5.11 Å². The predicted octanol–water partition coefficient (Wildman–Crippen LogP) is 1.17. The quantitative estimate of drug-likeness (QED) is 0.694. The molecular weight excluding hydrogens is 140 g/mol. The van der Waals surface area contributed by atoms with Crippen LogP contribution in [-0.2, 0) is 7.05 Å². The molecule has 3 heteroatoms. The van der Waals surface area contributed by atoms with E-state index in [1.807, 2.05) is 27.1 Å². The highest BCUT2D eigenvalue weighted by Crippen LogP contribution is 2.18. The van der Waals surface area contributed by atoms with Gasteiger partial charge in [0, 0.05) is 18.8 Å². The summed E-state index contributed by atoms with van der Waals surface area (Å²) in [5.74, 6) is 0. The molecule has 1 atom stereocenters. The number of aryl methyl sites for hydroxylation is 2. The lowest BCUT2D eigenvalue weighted by Crippen LogP contribution is -1.94. The highest BCUT2D eigenvalue weighted by atomic mass is 16.3. The van der Waals surface area contributed by atoms with Crippen molar-refractivity contribution in [2.24, 2.45) is 7.05 Å². The molecule has 3 nitrogen and oxygen atoms in total. The molecule has 0 aromatic carbocycles. The number of aliphatic hydroxyl groups excluding tert-OH is 1. The highest BCUT2D eigenvalue weighted by molar-refractivity contribution is 5.17. The van der Waals surface area contributed by atoms with Crippen molar-refractivity contribution in [3.63, 3.8) is 0 Å². The van der Waals surface area contributed by atoms with Gasteiger partial charge in [0.05, 0.1) is 11.8 Å². The predicted molar refractivity (Wildman–Crippen MR) is 43.2 cm³/mol. The minimum atomic E-state index is -0.358. The van der Waals surface area contributed by atoms with Gasteiger partial charge in [0.1, 0.15) is 0 Å². The molecule has 0 bridgehead atoms. The Bertz CT molecular complexity index is 242. The average Bonchev–Trinajstić information content (AvgIpc) is 2.28. The second-order valence-corrected chi connectivity index (χ2v) is 2.77. The fraction of sp³-hybridized carbons (Fsp3) is 0.625. The summed E-state index contributed by atoms with van der Waals surface area (Å²) in [5, 5.41) is 13.6. The summed E-state index contributed by atoms with van der Waals surface area (Å²) in [6, 6.07) is 0. The minimum absolute atomic E-state index is 0.358. The van der Waals surface area contributed by atoms with Gasteiger partial charge in [-0.25, -0.2) is 0 Å². The van der Waals surface area contributed by atoms with Gasteiger partial charge in [-0.05, 0) is 13.3 Å². The van der Waals surface area contributed by atoms with E-state index in [1.54, 1.807) is 4.68 Å². The first-order valence-electron chi connectivity index (χ1n) is 3.83. The van der Waals surface area contributed by atoms with E-state index in [1.165, 1.54) is 0 Å². The molecule has 1 N–H and O–H groups in total. The van der Waals surface area contributed by atoms with Crippen LogP contribution in [0.1, 0.15) is 30.7 Å². The Balaban J connectivity index is 2.93. The maximum atomic E-state index is 9.47. The smallest absolute Gasteiger partial charge is 0.0820 e. The van der Waals surface area contributed by atoms with Gasteiger partial charge in [-0.1, -0.05) is 6.92 Å². The molecule has 1 rings (SSSR count). The fourth-order valence-electron chi connectivity index (χ4n) is 1.16. The summed E-state index contributed by atoms with van der Waals surface area (Å²) in [6.45, 7) is 3.87.